The highest BCUT2D eigenvalue weighted by atomic mass is 16.6. The highest BCUT2D eigenvalue weighted by Gasteiger charge is 2.33. The van der Waals surface area contributed by atoms with Crippen LogP contribution in [0.25, 0.3) is 0 Å². The number of morpholine rings is 1. The fraction of sp³-hybridized carbons (Fsp3) is 0.467. The van der Waals surface area contributed by atoms with E-state index in [0.29, 0.717) is 18.8 Å². The van der Waals surface area contributed by atoms with Gasteiger partial charge in [0.05, 0.1) is 18.8 Å². The number of benzene rings is 1. The molecule has 0 saturated carbocycles. The fourth-order valence-electron chi connectivity index (χ4n) is 1.94. The SMILES string of the molecule is CC(C)(C)OC(=O)N(c1ccccc1)N1CCOCC1=O. The van der Waals surface area contributed by atoms with Gasteiger partial charge in [-0.05, 0) is 32.9 Å². The maximum absolute atomic E-state index is 12.5. The van der Waals surface area contributed by atoms with Crippen LogP contribution in [0.1, 0.15) is 20.8 Å². The van der Waals surface area contributed by atoms with Crippen LogP contribution in [0.15, 0.2) is 30.3 Å². The molecule has 0 spiro atoms. The fourth-order valence-corrected chi connectivity index (χ4v) is 1.94. The number of amides is 2. The van der Waals surface area contributed by atoms with E-state index in [2.05, 4.69) is 0 Å². The zero-order valence-corrected chi connectivity index (χ0v) is 12.5. The first-order valence-corrected chi connectivity index (χ1v) is 6.85. The maximum Gasteiger partial charge on any atom is 0.434 e. The zero-order chi connectivity index (χ0) is 15.5. The number of anilines is 1. The van der Waals surface area contributed by atoms with Crippen molar-refractivity contribution in [1.82, 2.24) is 5.01 Å². The number of para-hydroxylation sites is 1. The quantitative estimate of drug-likeness (QED) is 0.838. The van der Waals surface area contributed by atoms with E-state index in [1.165, 1.54) is 10.0 Å². The van der Waals surface area contributed by atoms with Crippen molar-refractivity contribution in [3.05, 3.63) is 30.3 Å². The molecule has 2 amide bonds. The van der Waals surface area contributed by atoms with Crippen molar-refractivity contribution in [3.8, 4) is 0 Å². The van der Waals surface area contributed by atoms with Crippen LogP contribution in [0, 0.1) is 0 Å². The lowest BCUT2D eigenvalue weighted by Gasteiger charge is -2.37. The number of nitrogens with zero attached hydrogens (tertiary/aromatic N) is 2. The van der Waals surface area contributed by atoms with E-state index in [1.54, 1.807) is 45.0 Å². The molecule has 0 atom stereocenters. The summed E-state index contributed by atoms with van der Waals surface area (Å²) in [6.07, 6.45) is -0.580. The van der Waals surface area contributed by atoms with Gasteiger partial charge in [-0.25, -0.2) is 9.80 Å². The molecular formula is C15H20N2O4. The summed E-state index contributed by atoms with van der Waals surface area (Å²) in [5, 5.41) is 2.64. The van der Waals surface area contributed by atoms with Crippen LogP contribution in [-0.2, 0) is 14.3 Å². The first-order chi connectivity index (χ1) is 9.88. The Balaban J connectivity index is 2.30. The summed E-state index contributed by atoms with van der Waals surface area (Å²) in [5.74, 6) is -0.268. The van der Waals surface area contributed by atoms with Crippen LogP contribution >= 0.6 is 0 Å². The molecule has 0 unspecified atom stereocenters. The maximum atomic E-state index is 12.5. The molecule has 2 rings (SSSR count). The Bertz CT molecular complexity index is 510. The number of rotatable bonds is 2. The van der Waals surface area contributed by atoms with Gasteiger partial charge in [0.25, 0.3) is 5.91 Å². The molecule has 1 heterocycles. The van der Waals surface area contributed by atoms with E-state index in [1.807, 2.05) is 6.07 Å². The van der Waals surface area contributed by atoms with Gasteiger partial charge in [-0.15, -0.1) is 0 Å². The van der Waals surface area contributed by atoms with E-state index in [4.69, 9.17) is 9.47 Å². The summed E-state index contributed by atoms with van der Waals surface area (Å²) >= 11 is 0. The number of carbonyl (C=O) groups excluding carboxylic acids is 2. The van der Waals surface area contributed by atoms with Gasteiger partial charge >= 0.3 is 6.09 Å². The molecule has 1 aliphatic rings. The van der Waals surface area contributed by atoms with Crippen molar-refractivity contribution in [3.63, 3.8) is 0 Å². The Hall–Kier alpha value is -2.08. The first-order valence-electron chi connectivity index (χ1n) is 6.85. The number of hydrogen-bond acceptors (Lipinski definition) is 4. The van der Waals surface area contributed by atoms with Crippen LogP contribution in [0.2, 0.25) is 0 Å². The molecule has 6 nitrogen and oxygen atoms in total. The molecule has 0 bridgehead atoms. The third-order valence-electron chi connectivity index (χ3n) is 2.77. The van der Waals surface area contributed by atoms with Crippen molar-refractivity contribution < 1.29 is 19.1 Å². The van der Waals surface area contributed by atoms with E-state index in [-0.39, 0.29) is 12.5 Å². The average Bonchev–Trinajstić information content (AvgIpc) is 2.40. The second-order valence-corrected chi connectivity index (χ2v) is 5.70. The Kier molecular flexibility index (Phi) is 4.47. The topological polar surface area (TPSA) is 59.1 Å². The predicted molar refractivity (Wildman–Crippen MR) is 77.7 cm³/mol. The summed E-state index contributed by atoms with van der Waals surface area (Å²) in [6, 6.07) is 8.96. The summed E-state index contributed by atoms with van der Waals surface area (Å²) in [6.45, 7) is 6.02. The molecule has 1 aliphatic heterocycles. The van der Waals surface area contributed by atoms with Crippen LogP contribution in [0.5, 0.6) is 0 Å². The molecule has 0 radical (unpaired) electrons. The molecule has 1 aromatic carbocycles. The minimum Gasteiger partial charge on any atom is -0.442 e. The molecule has 0 aromatic heterocycles. The molecule has 114 valence electrons. The lowest BCUT2D eigenvalue weighted by Crippen LogP contribution is -2.56. The standard InChI is InChI=1S/C15H20N2O4/c1-15(2,3)21-14(19)17(12-7-5-4-6-8-12)16-9-10-20-11-13(16)18/h4-8H,9-11H2,1-3H3. The van der Waals surface area contributed by atoms with Crippen LogP contribution < -0.4 is 5.01 Å². The molecule has 1 fully saturated rings. The average molecular weight is 292 g/mol. The second kappa shape index (κ2) is 6.13. The third-order valence-corrected chi connectivity index (χ3v) is 2.77. The minimum atomic E-state index is -0.639. The lowest BCUT2D eigenvalue weighted by molar-refractivity contribution is -0.143. The highest BCUT2D eigenvalue weighted by molar-refractivity contribution is 5.92. The van der Waals surface area contributed by atoms with Crippen LogP contribution in [0.4, 0.5) is 10.5 Å². The summed E-state index contributed by atoms with van der Waals surface area (Å²) < 4.78 is 10.5. The Morgan fingerprint density at radius 1 is 1.29 bits per heavy atom. The van der Waals surface area contributed by atoms with E-state index >= 15 is 0 Å². The highest BCUT2D eigenvalue weighted by Crippen LogP contribution is 2.21. The molecule has 1 saturated heterocycles. The van der Waals surface area contributed by atoms with Crippen molar-refractivity contribution in [2.75, 3.05) is 24.8 Å². The summed E-state index contributed by atoms with van der Waals surface area (Å²) in [5.41, 5.74) is -0.0543. The number of hydrazine groups is 1. The van der Waals surface area contributed by atoms with E-state index in [0.717, 1.165) is 0 Å². The molecule has 1 aromatic rings. The number of carbonyl (C=O) groups is 2. The van der Waals surface area contributed by atoms with Gasteiger partial charge in [0, 0.05) is 0 Å². The second-order valence-electron chi connectivity index (χ2n) is 5.70. The molecule has 6 heteroatoms. The Labute approximate surface area is 124 Å². The number of hydrogen-bond donors (Lipinski definition) is 0. The van der Waals surface area contributed by atoms with Gasteiger partial charge in [-0.2, -0.15) is 5.01 Å². The molecule has 21 heavy (non-hydrogen) atoms. The summed E-state index contributed by atoms with van der Waals surface area (Å²) in [7, 11) is 0. The van der Waals surface area contributed by atoms with Gasteiger partial charge in [-0.1, -0.05) is 18.2 Å². The van der Waals surface area contributed by atoms with Gasteiger partial charge < -0.3 is 9.47 Å². The van der Waals surface area contributed by atoms with Crippen LogP contribution in [-0.4, -0.2) is 42.4 Å². The molecule has 0 N–H and O–H groups in total. The van der Waals surface area contributed by atoms with E-state index in [9.17, 15) is 9.59 Å². The molecule has 0 aliphatic carbocycles. The normalized spacial score (nSPS) is 15.8. The predicted octanol–water partition coefficient (Wildman–Crippen LogP) is 2.20. The Morgan fingerprint density at radius 3 is 2.52 bits per heavy atom. The van der Waals surface area contributed by atoms with Crippen molar-refractivity contribution in [2.24, 2.45) is 0 Å². The third kappa shape index (κ3) is 3.95. The summed E-state index contributed by atoms with van der Waals surface area (Å²) in [4.78, 5) is 24.5. The van der Waals surface area contributed by atoms with Crippen LogP contribution in [0.3, 0.4) is 0 Å². The van der Waals surface area contributed by atoms with Gasteiger partial charge in [0.1, 0.15) is 12.2 Å². The lowest BCUT2D eigenvalue weighted by atomic mass is 10.2. The molecular weight excluding hydrogens is 272 g/mol. The van der Waals surface area contributed by atoms with Crippen molar-refractivity contribution in [1.29, 1.82) is 0 Å². The van der Waals surface area contributed by atoms with Gasteiger partial charge in [0.15, 0.2) is 0 Å². The van der Waals surface area contributed by atoms with Gasteiger partial charge in [0.2, 0.25) is 0 Å². The minimum absolute atomic E-state index is 0.0356. The van der Waals surface area contributed by atoms with Gasteiger partial charge in [-0.3, -0.25) is 4.79 Å². The first kappa shape index (κ1) is 15.3. The number of ether oxygens (including phenoxy) is 2. The van der Waals surface area contributed by atoms with Crippen molar-refractivity contribution >= 4 is 17.7 Å². The monoisotopic (exact) mass is 292 g/mol. The smallest absolute Gasteiger partial charge is 0.434 e. The Morgan fingerprint density at radius 2 is 1.95 bits per heavy atom. The zero-order valence-electron chi connectivity index (χ0n) is 12.5. The largest absolute Gasteiger partial charge is 0.442 e. The van der Waals surface area contributed by atoms with E-state index < -0.39 is 11.7 Å². The van der Waals surface area contributed by atoms with Crippen molar-refractivity contribution in [2.45, 2.75) is 26.4 Å².